The summed E-state index contributed by atoms with van der Waals surface area (Å²) in [5.41, 5.74) is -0.735. The van der Waals surface area contributed by atoms with Crippen LogP contribution in [0.1, 0.15) is 19.4 Å². The Labute approximate surface area is 159 Å². The molecule has 0 saturated carbocycles. The van der Waals surface area contributed by atoms with E-state index in [4.69, 9.17) is 0 Å². The van der Waals surface area contributed by atoms with Gasteiger partial charge < -0.3 is 10.6 Å². The molecule has 2 aromatic rings. The van der Waals surface area contributed by atoms with E-state index >= 15 is 0 Å². The number of hydrogen-bond acceptors (Lipinski definition) is 5. The molecule has 2 N–H and O–H groups in total. The average molecular weight is 398 g/mol. The number of carbonyl (C=O) groups excluding carboxylic acids is 2. The predicted octanol–water partition coefficient (Wildman–Crippen LogP) is 1.68. The molecule has 2 amide bonds. The number of nitrogens with one attached hydrogen (secondary N) is 2. The molecule has 0 unspecified atom stereocenters. The lowest BCUT2D eigenvalue weighted by molar-refractivity contribution is -0.137. The van der Waals surface area contributed by atoms with Crippen LogP contribution in [0.4, 0.5) is 18.9 Å². The van der Waals surface area contributed by atoms with Gasteiger partial charge >= 0.3 is 6.18 Å². The second kappa shape index (κ2) is 8.83. The number of rotatable bonds is 7. The number of carbonyl (C=O) groups is 2. The molecule has 11 heteroatoms. The molecule has 1 heterocycles. The molecule has 0 radical (unpaired) electrons. The Morgan fingerprint density at radius 2 is 1.89 bits per heavy atom. The fraction of sp³-hybridized carbons (Fsp3) is 0.412. The highest BCUT2D eigenvalue weighted by atomic mass is 19.4. The van der Waals surface area contributed by atoms with Crippen molar-refractivity contribution < 1.29 is 22.8 Å². The van der Waals surface area contributed by atoms with Crippen molar-refractivity contribution in [2.45, 2.75) is 26.1 Å². The van der Waals surface area contributed by atoms with Gasteiger partial charge in [0.2, 0.25) is 11.8 Å². The van der Waals surface area contributed by atoms with Gasteiger partial charge in [0.15, 0.2) is 0 Å². The van der Waals surface area contributed by atoms with E-state index in [0.717, 1.165) is 12.1 Å². The van der Waals surface area contributed by atoms with Crippen molar-refractivity contribution in [1.82, 2.24) is 25.0 Å². The van der Waals surface area contributed by atoms with Crippen LogP contribution < -0.4 is 10.6 Å². The summed E-state index contributed by atoms with van der Waals surface area (Å²) in [5, 5.41) is 9.03. The Bertz CT molecular complexity index is 821. The molecule has 8 nitrogen and oxygen atoms in total. The third-order valence-corrected chi connectivity index (χ3v) is 3.54. The van der Waals surface area contributed by atoms with Crippen molar-refractivity contribution >= 4 is 17.5 Å². The van der Waals surface area contributed by atoms with Crippen LogP contribution >= 0.6 is 0 Å². The summed E-state index contributed by atoms with van der Waals surface area (Å²) in [6, 6.07) is 2.90. The zero-order chi connectivity index (χ0) is 20.9. The third kappa shape index (κ3) is 6.05. The first kappa shape index (κ1) is 21.4. The normalized spacial score (nSPS) is 11.7. The van der Waals surface area contributed by atoms with Crippen LogP contribution in [-0.2, 0) is 15.8 Å². The molecule has 0 saturated heterocycles. The van der Waals surface area contributed by atoms with Gasteiger partial charge in [0.1, 0.15) is 12.7 Å². The largest absolute Gasteiger partial charge is 0.416 e. The highest BCUT2D eigenvalue weighted by molar-refractivity contribution is 5.94. The molecule has 152 valence electrons. The molecule has 0 aliphatic carbocycles. The van der Waals surface area contributed by atoms with Gasteiger partial charge in [-0.1, -0.05) is 0 Å². The van der Waals surface area contributed by atoms with E-state index in [9.17, 15) is 22.8 Å². The first-order chi connectivity index (χ1) is 13.1. The molecule has 2 rings (SSSR count). The maximum absolute atomic E-state index is 13.0. The van der Waals surface area contributed by atoms with Gasteiger partial charge in [-0.3, -0.25) is 14.5 Å². The van der Waals surface area contributed by atoms with Crippen LogP contribution in [0.15, 0.2) is 30.9 Å². The SMILES string of the molecule is CC(C)NC(=O)CN(C)CC(=O)Nc1cc(C(F)(F)F)ccc1-n1cncn1. The monoisotopic (exact) mass is 398 g/mol. The predicted molar refractivity (Wildman–Crippen MR) is 95.8 cm³/mol. The Kier molecular flexibility index (Phi) is 6.73. The topological polar surface area (TPSA) is 92.2 Å². The van der Waals surface area contributed by atoms with E-state index < -0.39 is 17.6 Å². The lowest BCUT2D eigenvalue weighted by Gasteiger charge is -2.18. The Morgan fingerprint density at radius 3 is 2.46 bits per heavy atom. The van der Waals surface area contributed by atoms with Crippen LogP contribution in [0, 0.1) is 0 Å². The molecular formula is C17H21F3N6O2. The van der Waals surface area contributed by atoms with Gasteiger partial charge in [-0.05, 0) is 39.1 Å². The Morgan fingerprint density at radius 1 is 1.21 bits per heavy atom. The van der Waals surface area contributed by atoms with Crippen molar-refractivity contribution in [3.63, 3.8) is 0 Å². The zero-order valence-corrected chi connectivity index (χ0v) is 15.6. The van der Waals surface area contributed by atoms with Gasteiger partial charge in [0.25, 0.3) is 0 Å². The van der Waals surface area contributed by atoms with Crippen LogP contribution in [0.25, 0.3) is 5.69 Å². The van der Waals surface area contributed by atoms with Crippen molar-refractivity contribution in [2.75, 3.05) is 25.5 Å². The average Bonchev–Trinajstić information content (AvgIpc) is 3.06. The number of benzene rings is 1. The highest BCUT2D eigenvalue weighted by Gasteiger charge is 2.31. The molecule has 28 heavy (non-hydrogen) atoms. The lowest BCUT2D eigenvalue weighted by atomic mass is 10.1. The fourth-order valence-corrected chi connectivity index (χ4v) is 2.45. The standard InChI is InChI=1S/C17H21F3N6O2/c1-11(2)23-15(27)7-25(3)8-16(28)24-13-6-12(17(18,19)20)4-5-14(13)26-10-21-9-22-26/h4-6,9-11H,7-8H2,1-3H3,(H,23,27)(H,24,28). The van der Waals surface area contributed by atoms with Gasteiger partial charge in [-0.25, -0.2) is 9.67 Å². The third-order valence-electron chi connectivity index (χ3n) is 3.54. The Balaban J connectivity index is 2.14. The van der Waals surface area contributed by atoms with Gasteiger partial charge in [-0.2, -0.15) is 18.3 Å². The number of likely N-dealkylation sites (N-methyl/N-ethyl adjacent to an activating group) is 1. The van der Waals surface area contributed by atoms with Crippen molar-refractivity contribution in [2.24, 2.45) is 0 Å². The van der Waals surface area contributed by atoms with Gasteiger partial charge in [-0.15, -0.1) is 0 Å². The number of aromatic nitrogens is 3. The molecule has 0 atom stereocenters. The summed E-state index contributed by atoms with van der Waals surface area (Å²) in [5.74, 6) is -0.826. The molecule has 1 aromatic heterocycles. The van der Waals surface area contributed by atoms with Crippen molar-refractivity contribution in [3.05, 3.63) is 36.4 Å². The fourth-order valence-electron chi connectivity index (χ4n) is 2.45. The molecule has 0 bridgehead atoms. The number of anilines is 1. The second-order valence-electron chi connectivity index (χ2n) is 6.51. The minimum absolute atomic E-state index is 0.0237. The van der Waals surface area contributed by atoms with E-state index in [2.05, 4.69) is 20.7 Å². The summed E-state index contributed by atoms with van der Waals surface area (Å²) in [4.78, 5) is 29.3. The maximum atomic E-state index is 13.0. The first-order valence-electron chi connectivity index (χ1n) is 8.40. The number of amides is 2. The molecule has 0 fully saturated rings. The van der Waals surface area contributed by atoms with Crippen LogP contribution in [0.3, 0.4) is 0 Å². The number of nitrogens with zero attached hydrogens (tertiary/aromatic N) is 4. The van der Waals surface area contributed by atoms with E-state index in [1.54, 1.807) is 7.05 Å². The lowest BCUT2D eigenvalue weighted by Crippen LogP contribution is -2.41. The van der Waals surface area contributed by atoms with E-state index in [0.29, 0.717) is 0 Å². The molecular weight excluding hydrogens is 377 g/mol. The summed E-state index contributed by atoms with van der Waals surface area (Å²) < 4.78 is 40.4. The number of alkyl halides is 3. The smallest absolute Gasteiger partial charge is 0.353 e. The minimum atomic E-state index is -4.56. The van der Waals surface area contributed by atoms with Gasteiger partial charge in [0.05, 0.1) is 30.0 Å². The summed E-state index contributed by atoms with van der Waals surface area (Å²) in [7, 11) is 1.56. The van der Waals surface area contributed by atoms with Gasteiger partial charge in [0, 0.05) is 6.04 Å². The molecule has 0 aliphatic rings. The van der Waals surface area contributed by atoms with Crippen LogP contribution in [-0.4, -0.2) is 57.7 Å². The van der Waals surface area contributed by atoms with Crippen LogP contribution in [0.5, 0.6) is 0 Å². The Hall–Kier alpha value is -2.95. The second-order valence-corrected chi connectivity index (χ2v) is 6.51. The van der Waals surface area contributed by atoms with Crippen LogP contribution in [0.2, 0.25) is 0 Å². The zero-order valence-electron chi connectivity index (χ0n) is 15.6. The maximum Gasteiger partial charge on any atom is 0.416 e. The van der Waals surface area contributed by atoms with E-state index in [1.807, 2.05) is 13.8 Å². The minimum Gasteiger partial charge on any atom is -0.353 e. The van der Waals surface area contributed by atoms with E-state index in [-0.39, 0.29) is 36.4 Å². The highest BCUT2D eigenvalue weighted by Crippen LogP contribution is 2.33. The molecule has 0 spiro atoms. The summed E-state index contributed by atoms with van der Waals surface area (Å²) >= 11 is 0. The summed E-state index contributed by atoms with van der Waals surface area (Å²) in [6.45, 7) is 3.41. The van der Waals surface area contributed by atoms with Crippen molar-refractivity contribution in [1.29, 1.82) is 0 Å². The van der Waals surface area contributed by atoms with Crippen molar-refractivity contribution in [3.8, 4) is 5.69 Å². The van der Waals surface area contributed by atoms with E-state index in [1.165, 1.54) is 28.3 Å². The number of hydrogen-bond donors (Lipinski definition) is 2. The molecule has 1 aromatic carbocycles. The quantitative estimate of drug-likeness (QED) is 0.741. The number of halogens is 3. The summed E-state index contributed by atoms with van der Waals surface area (Å²) in [6.07, 6.45) is -2.03. The first-order valence-corrected chi connectivity index (χ1v) is 8.40. The molecule has 0 aliphatic heterocycles.